The number of hydrogen-bond donors (Lipinski definition) is 2. The molecular weight excluding hydrogens is 457 g/mol. The van der Waals surface area contributed by atoms with Gasteiger partial charge in [-0.05, 0) is 71.2 Å². The summed E-state index contributed by atoms with van der Waals surface area (Å²) in [5.41, 5.74) is 2.62. The second-order valence-electron chi connectivity index (χ2n) is 6.90. The van der Waals surface area contributed by atoms with E-state index < -0.39 is 17.5 Å². The summed E-state index contributed by atoms with van der Waals surface area (Å²) in [4.78, 5) is 38.9. The van der Waals surface area contributed by atoms with E-state index in [-0.39, 0.29) is 12.5 Å². The highest BCUT2D eigenvalue weighted by Crippen LogP contribution is 2.41. The number of urea groups is 1. The number of fused-ring (bicyclic) bond motifs is 2. The van der Waals surface area contributed by atoms with Gasteiger partial charge in [0.05, 0.1) is 0 Å². The summed E-state index contributed by atoms with van der Waals surface area (Å²) in [5, 5.41) is 5.59. The molecule has 138 valence electrons. The molecule has 27 heavy (non-hydrogen) atoms. The number of imide groups is 1. The number of amides is 4. The van der Waals surface area contributed by atoms with Gasteiger partial charge in [0, 0.05) is 9.26 Å². The molecule has 1 atom stereocenters. The standard InChI is InChI=1S/C20H18IN3O3/c1-12-6-7-14(10-16(12)21)22-17(25)11-24-18(26)20(23-19(24)27)9-8-13-4-2-3-5-15(13)20/h2-7,10H,8-9,11H2,1H3,(H,22,25)(H,23,27). The maximum Gasteiger partial charge on any atom is 0.325 e. The Morgan fingerprint density at radius 1 is 1.26 bits per heavy atom. The number of nitrogens with zero attached hydrogens (tertiary/aromatic N) is 1. The van der Waals surface area contributed by atoms with Crippen LogP contribution < -0.4 is 10.6 Å². The van der Waals surface area contributed by atoms with Crippen molar-refractivity contribution in [3.8, 4) is 0 Å². The van der Waals surface area contributed by atoms with Crippen molar-refractivity contribution in [2.75, 3.05) is 11.9 Å². The van der Waals surface area contributed by atoms with Gasteiger partial charge >= 0.3 is 6.03 Å². The van der Waals surface area contributed by atoms with Gasteiger partial charge in [-0.15, -0.1) is 0 Å². The molecule has 1 spiro atoms. The molecule has 6 nitrogen and oxygen atoms in total. The molecule has 7 heteroatoms. The summed E-state index contributed by atoms with van der Waals surface area (Å²) in [6, 6.07) is 12.7. The van der Waals surface area contributed by atoms with Gasteiger partial charge in [-0.25, -0.2) is 4.79 Å². The lowest BCUT2D eigenvalue weighted by Gasteiger charge is -2.22. The number of nitrogens with one attached hydrogen (secondary N) is 2. The summed E-state index contributed by atoms with van der Waals surface area (Å²) < 4.78 is 1.03. The smallest absolute Gasteiger partial charge is 0.324 e. The van der Waals surface area contributed by atoms with E-state index in [1.54, 1.807) is 6.07 Å². The first-order valence-electron chi connectivity index (χ1n) is 8.69. The van der Waals surface area contributed by atoms with E-state index in [0.29, 0.717) is 12.1 Å². The largest absolute Gasteiger partial charge is 0.325 e. The average molecular weight is 475 g/mol. The summed E-state index contributed by atoms with van der Waals surface area (Å²) >= 11 is 2.20. The molecule has 2 aromatic carbocycles. The van der Waals surface area contributed by atoms with Crippen LogP contribution >= 0.6 is 22.6 Å². The summed E-state index contributed by atoms with van der Waals surface area (Å²) in [5.74, 6) is -0.757. The zero-order valence-electron chi connectivity index (χ0n) is 14.7. The summed E-state index contributed by atoms with van der Waals surface area (Å²) in [6.45, 7) is 1.68. The fourth-order valence-corrected chi connectivity index (χ4v) is 4.26. The zero-order chi connectivity index (χ0) is 19.2. The number of rotatable bonds is 3. The van der Waals surface area contributed by atoms with Crippen molar-refractivity contribution in [1.29, 1.82) is 0 Å². The predicted molar refractivity (Wildman–Crippen MR) is 109 cm³/mol. The first kappa shape index (κ1) is 18.0. The number of benzene rings is 2. The van der Waals surface area contributed by atoms with Crippen LogP contribution in [0.2, 0.25) is 0 Å². The Morgan fingerprint density at radius 2 is 2.04 bits per heavy atom. The highest BCUT2D eigenvalue weighted by atomic mass is 127. The van der Waals surface area contributed by atoms with Crippen molar-refractivity contribution < 1.29 is 14.4 Å². The van der Waals surface area contributed by atoms with Crippen LogP contribution in [0.4, 0.5) is 10.5 Å². The molecule has 0 bridgehead atoms. The third-order valence-corrected chi connectivity index (χ3v) is 6.34. The Balaban J connectivity index is 1.52. The Morgan fingerprint density at radius 3 is 2.81 bits per heavy atom. The van der Waals surface area contributed by atoms with Crippen molar-refractivity contribution >= 4 is 46.1 Å². The zero-order valence-corrected chi connectivity index (χ0v) is 16.9. The minimum atomic E-state index is -1.03. The third kappa shape index (κ3) is 2.99. The van der Waals surface area contributed by atoms with Gasteiger partial charge in [-0.3, -0.25) is 14.5 Å². The van der Waals surface area contributed by atoms with E-state index in [0.717, 1.165) is 31.6 Å². The van der Waals surface area contributed by atoms with Crippen molar-refractivity contribution in [2.45, 2.75) is 25.3 Å². The lowest BCUT2D eigenvalue weighted by atomic mass is 9.92. The van der Waals surface area contributed by atoms with E-state index in [9.17, 15) is 14.4 Å². The van der Waals surface area contributed by atoms with Crippen LogP contribution in [0.3, 0.4) is 0 Å². The van der Waals surface area contributed by atoms with E-state index in [1.807, 2.05) is 43.3 Å². The lowest BCUT2D eigenvalue weighted by molar-refractivity contribution is -0.134. The number of aryl methyl sites for hydroxylation is 2. The Labute approximate surface area is 170 Å². The molecule has 0 radical (unpaired) electrons. The van der Waals surface area contributed by atoms with Crippen LogP contribution in [0.5, 0.6) is 0 Å². The minimum Gasteiger partial charge on any atom is -0.324 e. The van der Waals surface area contributed by atoms with Gasteiger partial charge < -0.3 is 10.6 Å². The molecule has 2 aliphatic rings. The molecule has 4 rings (SSSR count). The van der Waals surface area contributed by atoms with Crippen LogP contribution in [-0.4, -0.2) is 29.3 Å². The molecule has 0 saturated carbocycles. The second-order valence-corrected chi connectivity index (χ2v) is 8.06. The van der Waals surface area contributed by atoms with Crippen molar-refractivity contribution in [3.05, 3.63) is 62.7 Å². The quantitative estimate of drug-likeness (QED) is 0.530. The highest BCUT2D eigenvalue weighted by Gasteiger charge is 2.55. The molecule has 1 saturated heterocycles. The van der Waals surface area contributed by atoms with Gasteiger partial charge in [-0.2, -0.15) is 0 Å². The van der Waals surface area contributed by atoms with E-state index >= 15 is 0 Å². The van der Waals surface area contributed by atoms with Gasteiger partial charge in [0.25, 0.3) is 5.91 Å². The molecule has 1 unspecified atom stereocenters. The number of hydrogen-bond acceptors (Lipinski definition) is 3. The number of carbonyl (C=O) groups excluding carboxylic acids is 3. The molecule has 2 aromatic rings. The van der Waals surface area contributed by atoms with Crippen LogP contribution in [0.25, 0.3) is 0 Å². The van der Waals surface area contributed by atoms with Crippen LogP contribution in [0, 0.1) is 10.5 Å². The third-order valence-electron chi connectivity index (χ3n) is 5.18. The fourth-order valence-electron chi connectivity index (χ4n) is 3.75. The van der Waals surface area contributed by atoms with E-state index in [2.05, 4.69) is 33.2 Å². The van der Waals surface area contributed by atoms with Gasteiger partial charge in [-0.1, -0.05) is 30.3 Å². The topological polar surface area (TPSA) is 78.5 Å². The summed E-state index contributed by atoms with van der Waals surface area (Å²) in [6.07, 6.45) is 1.25. The molecule has 0 aromatic heterocycles. The van der Waals surface area contributed by atoms with Crippen molar-refractivity contribution in [3.63, 3.8) is 0 Å². The molecule has 1 heterocycles. The Hall–Kier alpha value is -2.42. The normalized spacial score (nSPS) is 20.7. The van der Waals surface area contributed by atoms with Crippen LogP contribution in [0.15, 0.2) is 42.5 Å². The highest BCUT2D eigenvalue weighted by molar-refractivity contribution is 14.1. The van der Waals surface area contributed by atoms with Crippen molar-refractivity contribution in [2.24, 2.45) is 0 Å². The Bertz CT molecular complexity index is 975. The average Bonchev–Trinajstić information content (AvgIpc) is 3.12. The second kappa shape index (κ2) is 6.63. The molecule has 1 aliphatic heterocycles. The van der Waals surface area contributed by atoms with Crippen LogP contribution in [-0.2, 0) is 21.5 Å². The SMILES string of the molecule is Cc1ccc(NC(=O)CN2C(=O)NC3(CCc4ccccc43)C2=O)cc1I. The lowest BCUT2D eigenvalue weighted by Crippen LogP contribution is -2.43. The van der Waals surface area contributed by atoms with Gasteiger partial charge in [0.2, 0.25) is 5.91 Å². The van der Waals surface area contributed by atoms with E-state index in [1.165, 1.54) is 0 Å². The maximum atomic E-state index is 13.1. The fraction of sp³-hybridized carbons (Fsp3) is 0.250. The number of carbonyl (C=O) groups is 3. The predicted octanol–water partition coefficient (Wildman–Crippen LogP) is 2.93. The van der Waals surface area contributed by atoms with Crippen molar-refractivity contribution in [1.82, 2.24) is 10.2 Å². The Kier molecular flexibility index (Phi) is 4.41. The molecule has 1 aliphatic carbocycles. The monoisotopic (exact) mass is 475 g/mol. The minimum absolute atomic E-state index is 0.307. The summed E-state index contributed by atoms with van der Waals surface area (Å²) in [7, 11) is 0. The van der Waals surface area contributed by atoms with E-state index in [4.69, 9.17) is 0 Å². The van der Waals surface area contributed by atoms with Gasteiger partial charge in [0.15, 0.2) is 0 Å². The molecule has 2 N–H and O–H groups in total. The maximum absolute atomic E-state index is 13.1. The van der Waals surface area contributed by atoms with Gasteiger partial charge in [0.1, 0.15) is 12.1 Å². The first-order chi connectivity index (χ1) is 12.9. The first-order valence-corrected chi connectivity index (χ1v) is 9.77. The van der Waals surface area contributed by atoms with Crippen LogP contribution in [0.1, 0.15) is 23.1 Å². The molecule has 1 fully saturated rings. The molecular formula is C20H18IN3O3. The number of halogens is 1. The number of anilines is 1. The molecule has 4 amide bonds.